The number of hydrogen-bond acceptors (Lipinski definition) is 4. The molecular weight excluding hydrogens is 365 g/mol. The third-order valence-electron chi connectivity index (χ3n) is 4.20. The van der Waals surface area contributed by atoms with E-state index < -0.39 is 0 Å². The Morgan fingerprint density at radius 1 is 0.926 bits per heavy atom. The van der Waals surface area contributed by atoms with E-state index in [1.54, 1.807) is 25.3 Å². The summed E-state index contributed by atoms with van der Waals surface area (Å²) in [6.07, 6.45) is 0. The molecule has 0 fully saturated rings. The summed E-state index contributed by atoms with van der Waals surface area (Å²) < 4.78 is 18.5. The van der Waals surface area contributed by atoms with Crippen molar-refractivity contribution in [1.29, 1.82) is 0 Å². The number of amidine groups is 1. The number of fused-ring (bicyclic) bond motifs is 1. The summed E-state index contributed by atoms with van der Waals surface area (Å²) >= 11 is 6.22. The van der Waals surface area contributed by atoms with Gasteiger partial charge in [0.2, 0.25) is 0 Å². The van der Waals surface area contributed by atoms with Gasteiger partial charge < -0.3 is 4.74 Å². The van der Waals surface area contributed by atoms with E-state index in [2.05, 4.69) is 15.5 Å². The number of hydrogen-bond donors (Lipinski definition) is 1. The van der Waals surface area contributed by atoms with Gasteiger partial charge in [-0.2, -0.15) is 5.10 Å². The summed E-state index contributed by atoms with van der Waals surface area (Å²) in [5.74, 6) is 0.986. The number of nitrogens with one attached hydrogen (secondary N) is 1. The Hall–Kier alpha value is -3.18. The van der Waals surface area contributed by atoms with E-state index in [1.165, 1.54) is 12.1 Å². The average Bonchev–Trinajstić information content (AvgIpc) is 2.88. The summed E-state index contributed by atoms with van der Waals surface area (Å²) in [6, 6.07) is 19.1. The summed E-state index contributed by atoms with van der Waals surface area (Å²) in [5.41, 5.74) is 6.85. The highest BCUT2D eigenvalue weighted by molar-refractivity contribution is 6.31. The van der Waals surface area contributed by atoms with Gasteiger partial charge in [-0.05, 0) is 66.7 Å². The van der Waals surface area contributed by atoms with Crippen LogP contribution < -0.4 is 10.2 Å². The van der Waals surface area contributed by atoms with Crippen LogP contribution in [0.4, 0.5) is 10.1 Å². The number of methoxy groups -OCH3 is 1. The molecule has 0 aromatic heterocycles. The third-order valence-corrected chi connectivity index (χ3v) is 4.44. The van der Waals surface area contributed by atoms with Crippen LogP contribution in [0.25, 0.3) is 0 Å². The van der Waals surface area contributed by atoms with Crippen LogP contribution in [0.2, 0.25) is 5.02 Å². The van der Waals surface area contributed by atoms with Crippen LogP contribution in [0.15, 0.2) is 76.8 Å². The zero-order valence-corrected chi connectivity index (χ0v) is 15.2. The van der Waals surface area contributed by atoms with Crippen molar-refractivity contribution in [3.63, 3.8) is 0 Å². The van der Waals surface area contributed by atoms with Crippen molar-refractivity contribution in [2.24, 2.45) is 10.1 Å². The molecule has 1 aliphatic rings. The van der Waals surface area contributed by atoms with Crippen molar-refractivity contribution in [1.82, 2.24) is 5.43 Å². The predicted octanol–water partition coefficient (Wildman–Crippen LogP) is 4.92. The maximum Gasteiger partial charge on any atom is 0.154 e. The molecule has 0 amide bonds. The molecule has 27 heavy (non-hydrogen) atoms. The molecule has 4 nitrogen and oxygen atoms in total. The lowest BCUT2D eigenvalue weighted by Crippen LogP contribution is -2.19. The summed E-state index contributed by atoms with van der Waals surface area (Å²) in [5, 5.41) is 5.15. The minimum absolute atomic E-state index is 0.303. The maximum absolute atomic E-state index is 13.3. The zero-order chi connectivity index (χ0) is 18.8. The van der Waals surface area contributed by atoms with Gasteiger partial charge in [0, 0.05) is 21.7 Å². The normalized spacial score (nSPS) is 13.0. The summed E-state index contributed by atoms with van der Waals surface area (Å²) in [7, 11) is 1.62. The molecule has 3 aromatic carbocycles. The first-order valence-electron chi connectivity index (χ1n) is 8.27. The van der Waals surface area contributed by atoms with Gasteiger partial charge in [-0.3, -0.25) is 5.43 Å². The van der Waals surface area contributed by atoms with Crippen LogP contribution in [0.5, 0.6) is 5.75 Å². The second-order valence-electron chi connectivity index (χ2n) is 5.93. The van der Waals surface area contributed by atoms with Gasteiger partial charge in [0.1, 0.15) is 17.3 Å². The maximum atomic E-state index is 13.3. The SMILES string of the molecule is COc1ccc(C2=NNC(c3ccc(F)cc3)=Nc3ccc(Cl)cc32)cc1. The highest BCUT2D eigenvalue weighted by atomic mass is 35.5. The quantitative estimate of drug-likeness (QED) is 0.702. The first kappa shape index (κ1) is 17.2. The predicted molar refractivity (Wildman–Crippen MR) is 106 cm³/mol. The molecule has 0 bridgehead atoms. The lowest BCUT2D eigenvalue weighted by molar-refractivity contribution is 0.415. The van der Waals surface area contributed by atoms with Crippen molar-refractivity contribution in [3.05, 3.63) is 94.3 Å². The van der Waals surface area contributed by atoms with E-state index in [0.717, 1.165) is 28.1 Å². The Kier molecular flexibility index (Phi) is 4.60. The number of ether oxygens (including phenoxy) is 1. The smallest absolute Gasteiger partial charge is 0.154 e. The van der Waals surface area contributed by atoms with Crippen LogP contribution in [-0.2, 0) is 0 Å². The number of rotatable bonds is 3. The van der Waals surface area contributed by atoms with Crippen LogP contribution in [-0.4, -0.2) is 18.7 Å². The molecule has 0 radical (unpaired) electrons. The fraction of sp³-hybridized carbons (Fsp3) is 0.0476. The van der Waals surface area contributed by atoms with Gasteiger partial charge >= 0.3 is 0 Å². The molecule has 0 saturated carbocycles. The molecule has 1 N–H and O–H groups in total. The van der Waals surface area contributed by atoms with Gasteiger partial charge in [-0.25, -0.2) is 9.38 Å². The first-order valence-corrected chi connectivity index (χ1v) is 8.64. The lowest BCUT2D eigenvalue weighted by atomic mass is 10.0. The van der Waals surface area contributed by atoms with E-state index in [-0.39, 0.29) is 5.82 Å². The van der Waals surface area contributed by atoms with Gasteiger partial charge in [0.15, 0.2) is 5.84 Å². The Morgan fingerprint density at radius 2 is 1.63 bits per heavy atom. The van der Waals surface area contributed by atoms with Crippen LogP contribution in [0.1, 0.15) is 16.7 Å². The number of hydrazone groups is 1. The third kappa shape index (κ3) is 3.55. The number of halogens is 2. The van der Waals surface area contributed by atoms with E-state index in [1.807, 2.05) is 36.4 Å². The second-order valence-corrected chi connectivity index (χ2v) is 6.37. The standard InChI is InChI=1S/C21H15ClFN3O/c1-27-17-9-4-13(5-10-17)20-18-12-15(22)6-11-19(18)24-21(26-25-20)14-2-7-16(23)8-3-14/h2-12H,1H3,(H,24,26). The molecule has 0 aliphatic carbocycles. The minimum Gasteiger partial charge on any atom is -0.497 e. The molecule has 0 atom stereocenters. The van der Waals surface area contributed by atoms with Gasteiger partial charge in [0.25, 0.3) is 0 Å². The van der Waals surface area contributed by atoms with E-state index in [9.17, 15) is 4.39 Å². The molecule has 0 saturated heterocycles. The van der Waals surface area contributed by atoms with Crippen molar-refractivity contribution in [2.75, 3.05) is 7.11 Å². The molecule has 1 aliphatic heterocycles. The first-order chi connectivity index (χ1) is 13.1. The van der Waals surface area contributed by atoms with Gasteiger partial charge in [-0.1, -0.05) is 11.6 Å². The fourth-order valence-corrected chi connectivity index (χ4v) is 2.99. The molecule has 0 unspecified atom stereocenters. The molecule has 4 rings (SSSR count). The lowest BCUT2D eigenvalue weighted by Gasteiger charge is -2.09. The van der Waals surface area contributed by atoms with Crippen molar-refractivity contribution >= 4 is 28.8 Å². The van der Waals surface area contributed by atoms with Gasteiger partial charge in [-0.15, -0.1) is 0 Å². The van der Waals surface area contributed by atoms with E-state index in [0.29, 0.717) is 16.6 Å². The zero-order valence-electron chi connectivity index (χ0n) is 14.4. The Bertz CT molecular complexity index is 1040. The molecule has 3 aromatic rings. The molecule has 1 heterocycles. The number of nitrogens with zero attached hydrogens (tertiary/aromatic N) is 2. The Labute approximate surface area is 161 Å². The molecular formula is C21H15ClFN3O. The minimum atomic E-state index is -0.303. The average molecular weight is 380 g/mol. The van der Waals surface area contributed by atoms with Gasteiger partial charge in [0.05, 0.1) is 12.8 Å². The number of benzene rings is 3. The summed E-state index contributed by atoms with van der Waals surface area (Å²) in [4.78, 5) is 4.67. The topological polar surface area (TPSA) is 46.0 Å². The highest BCUT2D eigenvalue weighted by Gasteiger charge is 2.18. The monoisotopic (exact) mass is 379 g/mol. The van der Waals surface area contributed by atoms with Crippen LogP contribution in [0, 0.1) is 5.82 Å². The van der Waals surface area contributed by atoms with Crippen molar-refractivity contribution < 1.29 is 9.13 Å². The van der Waals surface area contributed by atoms with E-state index >= 15 is 0 Å². The number of aliphatic imine (C=N–C) groups is 1. The Balaban J connectivity index is 1.83. The molecule has 6 heteroatoms. The van der Waals surface area contributed by atoms with Crippen LogP contribution >= 0.6 is 11.6 Å². The second kappa shape index (κ2) is 7.21. The van der Waals surface area contributed by atoms with Crippen LogP contribution in [0.3, 0.4) is 0 Å². The fourth-order valence-electron chi connectivity index (χ4n) is 2.82. The highest BCUT2D eigenvalue weighted by Crippen LogP contribution is 2.29. The summed E-state index contributed by atoms with van der Waals surface area (Å²) in [6.45, 7) is 0. The van der Waals surface area contributed by atoms with Crippen molar-refractivity contribution in [3.8, 4) is 5.75 Å². The largest absolute Gasteiger partial charge is 0.497 e. The Morgan fingerprint density at radius 3 is 2.33 bits per heavy atom. The molecule has 134 valence electrons. The molecule has 0 spiro atoms. The van der Waals surface area contributed by atoms with E-state index in [4.69, 9.17) is 16.3 Å². The van der Waals surface area contributed by atoms with Crippen molar-refractivity contribution in [2.45, 2.75) is 0 Å².